The molecule has 4 rings (SSSR count). The first-order valence-electron chi connectivity index (χ1n) is 6.85. The molecular weight excluding hydrogens is 256 g/mol. The van der Waals surface area contributed by atoms with E-state index in [1.165, 1.54) is 6.92 Å². The van der Waals surface area contributed by atoms with Crippen LogP contribution >= 0.6 is 0 Å². The Morgan fingerprint density at radius 3 is 2.30 bits per heavy atom. The molecule has 4 heteroatoms. The fourth-order valence-corrected chi connectivity index (χ4v) is 4.44. The maximum absolute atomic E-state index is 12.5. The predicted octanol–water partition coefficient (Wildman–Crippen LogP) is 1.23. The molecule has 4 nitrogen and oxygen atoms in total. The Balaban J connectivity index is 2.30. The van der Waals surface area contributed by atoms with Gasteiger partial charge in [-0.3, -0.25) is 14.4 Å². The van der Waals surface area contributed by atoms with E-state index in [2.05, 4.69) is 0 Å². The summed E-state index contributed by atoms with van der Waals surface area (Å²) in [7, 11) is 0. The van der Waals surface area contributed by atoms with Crippen molar-refractivity contribution >= 4 is 17.3 Å². The summed E-state index contributed by atoms with van der Waals surface area (Å²) in [6.07, 6.45) is 3.61. The monoisotopic (exact) mass is 274 g/mol. The summed E-state index contributed by atoms with van der Waals surface area (Å²) in [6, 6.07) is 0. The van der Waals surface area contributed by atoms with Crippen LogP contribution in [0.4, 0.5) is 0 Å². The first kappa shape index (κ1) is 13.4. The number of hydrogen-bond acceptors (Lipinski definition) is 4. The molecule has 0 heterocycles. The molecule has 0 radical (unpaired) electrons. The van der Waals surface area contributed by atoms with E-state index in [1.54, 1.807) is 13.0 Å². The van der Waals surface area contributed by atoms with Crippen molar-refractivity contribution in [2.24, 2.45) is 23.2 Å². The van der Waals surface area contributed by atoms with Gasteiger partial charge < -0.3 is 5.11 Å². The SMILES string of the molecule is CC1=CC2(C)C3C=C(C)C(C2C(=O)C1=O)C(C)(O)C3=O. The lowest BCUT2D eigenvalue weighted by Gasteiger charge is -2.58. The number of aliphatic hydroxyl groups is 1. The third kappa shape index (κ3) is 1.28. The number of carbonyl (C=O) groups is 3. The van der Waals surface area contributed by atoms with Crippen LogP contribution in [0.2, 0.25) is 0 Å². The van der Waals surface area contributed by atoms with Gasteiger partial charge in [0.1, 0.15) is 5.60 Å². The van der Waals surface area contributed by atoms with E-state index in [0.717, 1.165) is 5.57 Å². The van der Waals surface area contributed by atoms with Gasteiger partial charge in [-0.1, -0.05) is 24.6 Å². The van der Waals surface area contributed by atoms with Gasteiger partial charge in [-0.15, -0.1) is 0 Å². The van der Waals surface area contributed by atoms with Crippen molar-refractivity contribution in [3.05, 3.63) is 23.3 Å². The van der Waals surface area contributed by atoms with Crippen LogP contribution in [-0.4, -0.2) is 28.1 Å². The van der Waals surface area contributed by atoms with Gasteiger partial charge in [0, 0.05) is 23.2 Å². The highest BCUT2D eigenvalue weighted by molar-refractivity contribution is 6.45. The third-order valence-corrected chi connectivity index (χ3v) is 5.37. The lowest BCUT2D eigenvalue weighted by molar-refractivity contribution is -0.170. The van der Waals surface area contributed by atoms with Crippen molar-refractivity contribution < 1.29 is 19.5 Å². The minimum Gasteiger partial charge on any atom is -0.382 e. The van der Waals surface area contributed by atoms with E-state index in [4.69, 9.17) is 0 Å². The number of rotatable bonds is 0. The predicted molar refractivity (Wildman–Crippen MR) is 71.7 cm³/mol. The van der Waals surface area contributed by atoms with E-state index in [-0.39, 0.29) is 5.78 Å². The average Bonchev–Trinajstić information content (AvgIpc) is 2.34. The van der Waals surface area contributed by atoms with Crippen molar-refractivity contribution in [3.8, 4) is 0 Å². The Morgan fingerprint density at radius 2 is 1.70 bits per heavy atom. The van der Waals surface area contributed by atoms with E-state index in [1.807, 2.05) is 19.9 Å². The van der Waals surface area contributed by atoms with Gasteiger partial charge in [0.05, 0.1) is 0 Å². The maximum atomic E-state index is 12.5. The van der Waals surface area contributed by atoms with Crippen LogP contribution in [0, 0.1) is 23.2 Å². The second-order valence-corrected chi connectivity index (χ2v) is 6.74. The highest BCUT2D eigenvalue weighted by Gasteiger charge is 2.66. The normalized spacial score (nSPS) is 47.0. The van der Waals surface area contributed by atoms with Gasteiger partial charge in [0.2, 0.25) is 11.6 Å². The van der Waals surface area contributed by atoms with E-state index >= 15 is 0 Å². The number of ketones is 3. The Labute approximate surface area is 117 Å². The molecule has 1 fully saturated rings. The molecule has 2 bridgehead atoms. The highest BCUT2D eigenvalue weighted by Crippen LogP contribution is 2.59. The maximum Gasteiger partial charge on any atom is 0.224 e. The Hall–Kier alpha value is -1.55. The first-order valence-corrected chi connectivity index (χ1v) is 6.85. The molecule has 1 N–H and O–H groups in total. The fourth-order valence-electron chi connectivity index (χ4n) is 4.44. The van der Waals surface area contributed by atoms with Crippen molar-refractivity contribution in [1.82, 2.24) is 0 Å². The van der Waals surface area contributed by atoms with Gasteiger partial charge in [0.15, 0.2) is 5.78 Å². The smallest absolute Gasteiger partial charge is 0.224 e. The number of Topliss-reactive ketones (excluding diaryl/α,β-unsaturated/α-hetero) is 3. The molecule has 5 atom stereocenters. The minimum absolute atomic E-state index is 0.252. The van der Waals surface area contributed by atoms with Gasteiger partial charge in [-0.2, -0.15) is 0 Å². The molecule has 1 saturated carbocycles. The summed E-state index contributed by atoms with van der Waals surface area (Å²) in [5.41, 5.74) is -1.03. The standard InChI is InChI=1S/C16H18O4/c1-7-5-9-14(19)16(4,20)10(7)11-13(18)12(17)8(2)6-15(9,11)3/h5-6,9-11,20H,1-4H3. The molecule has 4 aliphatic carbocycles. The van der Waals surface area contributed by atoms with Crippen LogP contribution < -0.4 is 0 Å². The van der Waals surface area contributed by atoms with Gasteiger partial charge >= 0.3 is 0 Å². The molecule has 5 unspecified atom stereocenters. The Morgan fingerprint density at radius 1 is 1.10 bits per heavy atom. The van der Waals surface area contributed by atoms with Crippen LogP contribution in [0.3, 0.4) is 0 Å². The summed E-state index contributed by atoms with van der Waals surface area (Å²) >= 11 is 0. The van der Waals surface area contributed by atoms with Crippen LogP contribution in [-0.2, 0) is 14.4 Å². The van der Waals surface area contributed by atoms with E-state index < -0.39 is 40.3 Å². The van der Waals surface area contributed by atoms with Crippen molar-refractivity contribution in [2.45, 2.75) is 33.3 Å². The van der Waals surface area contributed by atoms with Crippen molar-refractivity contribution in [1.29, 1.82) is 0 Å². The minimum atomic E-state index is -1.57. The first-order chi connectivity index (χ1) is 9.12. The Bertz CT molecular complexity index is 622. The summed E-state index contributed by atoms with van der Waals surface area (Å²) < 4.78 is 0. The lowest BCUT2D eigenvalue weighted by atomic mass is 9.44. The second-order valence-electron chi connectivity index (χ2n) is 6.74. The largest absolute Gasteiger partial charge is 0.382 e. The summed E-state index contributed by atoms with van der Waals surface area (Å²) in [6.45, 7) is 6.75. The highest BCUT2D eigenvalue weighted by atomic mass is 16.3. The van der Waals surface area contributed by atoms with Crippen LogP contribution in [0.1, 0.15) is 27.7 Å². The molecule has 0 aromatic carbocycles. The molecule has 106 valence electrons. The zero-order valence-corrected chi connectivity index (χ0v) is 12.1. The van der Waals surface area contributed by atoms with Gasteiger partial charge in [-0.25, -0.2) is 0 Å². The fraction of sp³-hybridized carbons (Fsp3) is 0.562. The van der Waals surface area contributed by atoms with E-state index in [9.17, 15) is 19.5 Å². The zero-order valence-electron chi connectivity index (χ0n) is 12.1. The molecule has 0 aromatic rings. The number of allylic oxidation sites excluding steroid dienone is 3. The van der Waals surface area contributed by atoms with Crippen LogP contribution in [0.5, 0.6) is 0 Å². The summed E-state index contributed by atoms with van der Waals surface area (Å²) in [4.78, 5) is 36.9. The molecule has 20 heavy (non-hydrogen) atoms. The Kier molecular flexibility index (Phi) is 2.39. The number of fused-ring (bicyclic) bond motifs is 1. The number of carbonyl (C=O) groups excluding carboxylic acids is 3. The number of hydrogen-bond donors (Lipinski definition) is 1. The van der Waals surface area contributed by atoms with Crippen LogP contribution in [0.15, 0.2) is 23.3 Å². The topological polar surface area (TPSA) is 71.4 Å². The molecule has 0 aromatic heterocycles. The quantitative estimate of drug-likeness (QED) is 0.533. The summed E-state index contributed by atoms with van der Waals surface area (Å²) in [5, 5.41) is 10.6. The zero-order chi connectivity index (χ0) is 15.0. The van der Waals surface area contributed by atoms with Gasteiger partial charge in [0.25, 0.3) is 0 Å². The van der Waals surface area contributed by atoms with Crippen molar-refractivity contribution in [3.63, 3.8) is 0 Å². The van der Waals surface area contributed by atoms with Crippen molar-refractivity contribution in [2.75, 3.05) is 0 Å². The molecule has 0 spiro atoms. The molecule has 0 saturated heterocycles. The lowest BCUT2D eigenvalue weighted by Crippen LogP contribution is -2.67. The average molecular weight is 274 g/mol. The van der Waals surface area contributed by atoms with E-state index in [0.29, 0.717) is 5.57 Å². The van der Waals surface area contributed by atoms with Crippen LogP contribution in [0.25, 0.3) is 0 Å². The molecule has 4 aliphatic rings. The molecule has 0 aliphatic heterocycles. The molecular formula is C16H18O4. The van der Waals surface area contributed by atoms with Gasteiger partial charge in [-0.05, 0) is 26.3 Å². The second kappa shape index (κ2) is 3.55. The molecule has 0 amide bonds. The summed E-state index contributed by atoms with van der Waals surface area (Å²) in [5.74, 6) is -3.00. The third-order valence-electron chi connectivity index (χ3n) is 5.37.